The topological polar surface area (TPSA) is 188 Å². The Hall–Kier alpha value is -5.26. The number of hydrogen-bond donors (Lipinski definition) is 6. The van der Waals surface area contributed by atoms with Crippen molar-refractivity contribution in [3.8, 4) is 22.5 Å². The minimum atomic E-state index is -1.04. The summed E-state index contributed by atoms with van der Waals surface area (Å²) in [6.45, 7) is 2.40. The maximum Gasteiger partial charge on any atom is 0.404 e. The highest BCUT2D eigenvalue weighted by Crippen LogP contribution is 2.30. The number of anilines is 2. The summed E-state index contributed by atoms with van der Waals surface area (Å²) in [4.78, 5) is 38.0. The minimum Gasteiger partial charge on any atom is -0.465 e. The van der Waals surface area contributed by atoms with Gasteiger partial charge < -0.3 is 26.8 Å². The van der Waals surface area contributed by atoms with E-state index >= 15 is 0 Å². The number of aromatic nitrogens is 4. The van der Waals surface area contributed by atoms with E-state index < -0.39 is 12.1 Å². The number of tetrazole rings is 1. The van der Waals surface area contributed by atoms with Crippen LogP contribution in [0.2, 0.25) is 0 Å². The molecule has 0 saturated heterocycles. The van der Waals surface area contributed by atoms with Crippen LogP contribution >= 0.6 is 0 Å². The number of carbonyl (C=O) groups excluding carboxylic acids is 2. The molecule has 44 heavy (non-hydrogen) atoms. The molecule has 228 valence electrons. The maximum absolute atomic E-state index is 13.7. The van der Waals surface area contributed by atoms with Gasteiger partial charge in [-0.2, -0.15) is 5.21 Å². The van der Waals surface area contributed by atoms with E-state index in [-0.39, 0.29) is 30.1 Å². The number of carbonyl (C=O) groups is 3. The maximum atomic E-state index is 13.7. The Bertz CT molecular complexity index is 1600. The number of aryl methyl sites for hydroxylation is 1. The van der Waals surface area contributed by atoms with Crippen LogP contribution in [0.1, 0.15) is 36.8 Å². The molecule has 1 aromatic heterocycles. The van der Waals surface area contributed by atoms with E-state index in [0.29, 0.717) is 36.6 Å². The highest BCUT2D eigenvalue weighted by atomic mass is 16.4. The molecule has 12 heteroatoms. The van der Waals surface area contributed by atoms with Crippen LogP contribution in [0, 0.1) is 18.8 Å². The zero-order valence-corrected chi connectivity index (χ0v) is 24.4. The van der Waals surface area contributed by atoms with Gasteiger partial charge in [0.15, 0.2) is 0 Å². The van der Waals surface area contributed by atoms with Gasteiger partial charge in [0.2, 0.25) is 17.6 Å². The molecule has 0 bridgehead atoms. The van der Waals surface area contributed by atoms with Gasteiger partial charge in [-0.25, -0.2) is 4.79 Å². The van der Waals surface area contributed by atoms with Crippen molar-refractivity contribution < 1.29 is 19.5 Å². The van der Waals surface area contributed by atoms with Gasteiger partial charge in [0.1, 0.15) is 6.04 Å². The minimum absolute atomic E-state index is 0.176. The van der Waals surface area contributed by atoms with Crippen molar-refractivity contribution in [3.63, 3.8) is 0 Å². The van der Waals surface area contributed by atoms with Gasteiger partial charge in [-0.15, -0.1) is 10.2 Å². The average molecular weight is 597 g/mol. The summed E-state index contributed by atoms with van der Waals surface area (Å²) in [7, 11) is 0. The molecule has 4 aromatic rings. The van der Waals surface area contributed by atoms with Crippen LogP contribution in [0.15, 0.2) is 66.7 Å². The van der Waals surface area contributed by atoms with Gasteiger partial charge in [0.25, 0.3) is 0 Å². The highest BCUT2D eigenvalue weighted by Gasteiger charge is 2.30. The second kappa shape index (κ2) is 13.8. The number of nitrogens with zero attached hydrogens (tertiary/aromatic N) is 3. The fourth-order valence-electron chi connectivity index (χ4n) is 5.63. The summed E-state index contributed by atoms with van der Waals surface area (Å²) in [5.41, 5.74) is 12.0. The number of carboxylic acid groups (broad SMARTS) is 1. The number of amides is 3. The third kappa shape index (κ3) is 7.77. The first-order valence-electron chi connectivity index (χ1n) is 14.6. The molecule has 5 rings (SSSR count). The lowest BCUT2D eigenvalue weighted by atomic mass is 9.81. The molecular formula is C32H36N8O4. The summed E-state index contributed by atoms with van der Waals surface area (Å²) >= 11 is 0. The quantitative estimate of drug-likeness (QED) is 0.147. The van der Waals surface area contributed by atoms with Gasteiger partial charge in [-0.3, -0.25) is 9.59 Å². The molecule has 3 aromatic carbocycles. The van der Waals surface area contributed by atoms with Crippen LogP contribution in [0.3, 0.4) is 0 Å². The Kier molecular flexibility index (Phi) is 9.48. The van der Waals surface area contributed by atoms with Gasteiger partial charge in [-0.1, -0.05) is 30.3 Å². The van der Waals surface area contributed by atoms with E-state index in [9.17, 15) is 14.4 Å². The molecule has 1 saturated carbocycles. The third-order valence-corrected chi connectivity index (χ3v) is 8.09. The monoisotopic (exact) mass is 596 g/mol. The molecule has 12 nitrogen and oxygen atoms in total. The summed E-state index contributed by atoms with van der Waals surface area (Å²) in [6.07, 6.45) is 1.98. The Morgan fingerprint density at radius 1 is 1.00 bits per heavy atom. The Morgan fingerprint density at radius 3 is 2.48 bits per heavy atom. The number of aromatic amines is 1. The number of nitrogens with two attached hydrogens (primary N) is 1. The molecular weight excluding hydrogens is 560 g/mol. The van der Waals surface area contributed by atoms with Crippen molar-refractivity contribution in [1.82, 2.24) is 31.3 Å². The fourth-order valence-corrected chi connectivity index (χ4v) is 5.63. The lowest BCUT2D eigenvalue weighted by Gasteiger charge is -2.29. The molecule has 0 aliphatic heterocycles. The van der Waals surface area contributed by atoms with Crippen molar-refractivity contribution in [2.24, 2.45) is 11.8 Å². The summed E-state index contributed by atoms with van der Waals surface area (Å²) < 4.78 is 0. The molecule has 0 spiro atoms. The standard InChI is InChI=1S/C32H36N8O4/c1-19-5-12-25(33)17-27(19)24-4-2-3-21(15-24)16-28(36-30(41)23-8-6-20(7-9-23)18-34-32(43)44)31(42)35-26-13-10-22(11-14-26)29-37-39-40-38-29/h2-5,10-15,17,20,23,28,34H,6-9,16,18,33H2,1H3,(H,35,42)(H,36,41)(H,43,44)(H,37,38,39,40)/t20?,23?,28-/m0/s1. The molecule has 1 aliphatic carbocycles. The summed E-state index contributed by atoms with van der Waals surface area (Å²) in [6, 6.07) is 19.9. The normalized spacial score (nSPS) is 16.9. The fraction of sp³-hybridized carbons (Fsp3) is 0.312. The number of rotatable bonds is 10. The lowest BCUT2D eigenvalue weighted by Crippen LogP contribution is -2.48. The average Bonchev–Trinajstić information content (AvgIpc) is 3.57. The second-order valence-corrected chi connectivity index (χ2v) is 11.2. The molecule has 1 fully saturated rings. The van der Waals surface area contributed by atoms with Crippen LogP contribution < -0.4 is 21.7 Å². The first-order valence-corrected chi connectivity index (χ1v) is 14.6. The van der Waals surface area contributed by atoms with Crippen molar-refractivity contribution in [2.45, 2.75) is 45.1 Å². The Labute approximate surface area is 254 Å². The number of hydrogen-bond acceptors (Lipinski definition) is 7. The van der Waals surface area contributed by atoms with E-state index in [0.717, 1.165) is 40.7 Å². The number of benzene rings is 3. The number of H-pyrrole nitrogens is 1. The van der Waals surface area contributed by atoms with Crippen LogP contribution in [0.25, 0.3) is 22.5 Å². The zero-order valence-electron chi connectivity index (χ0n) is 24.4. The predicted molar refractivity (Wildman–Crippen MR) is 166 cm³/mol. The second-order valence-electron chi connectivity index (χ2n) is 11.2. The predicted octanol–water partition coefficient (Wildman–Crippen LogP) is 4.16. The summed E-state index contributed by atoms with van der Waals surface area (Å²) in [5.74, 6) is -0.123. The molecule has 1 heterocycles. The zero-order chi connectivity index (χ0) is 31.1. The van der Waals surface area contributed by atoms with Crippen molar-refractivity contribution in [2.75, 3.05) is 17.6 Å². The molecule has 7 N–H and O–H groups in total. The van der Waals surface area contributed by atoms with Crippen molar-refractivity contribution >= 4 is 29.3 Å². The van der Waals surface area contributed by atoms with Gasteiger partial charge in [0, 0.05) is 35.8 Å². The van der Waals surface area contributed by atoms with Crippen LogP contribution in [0.4, 0.5) is 16.2 Å². The molecule has 0 radical (unpaired) electrons. The first-order chi connectivity index (χ1) is 21.2. The van der Waals surface area contributed by atoms with E-state index in [1.165, 1.54) is 0 Å². The van der Waals surface area contributed by atoms with Gasteiger partial charge in [-0.05, 0) is 102 Å². The molecule has 0 unspecified atom stereocenters. The van der Waals surface area contributed by atoms with Gasteiger partial charge >= 0.3 is 6.09 Å². The Balaban J connectivity index is 1.31. The Morgan fingerprint density at radius 2 is 1.77 bits per heavy atom. The van der Waals surface area contributed by atoms with Crippen LogP contribution in [-0.4, -0.2) is 56.2 Å². The van der Waals surface area contributed by atoms with Crippen molar-refractivity contribution in [1.29, 1.82) is 0 Å². The molecule has 1 aliphatic rings. The van der Waals surface area contributed by atoms with E-state index in [2.05, 4.69) is 36.6 Å². The SMILES string of the molecule is Cc1ccc(N)cc1-c1cccc(C[C@H](NC(=O)C2CCC(CNC(=O)O)CC2)C(=O)Nc2ccc(-c3nn[nH]n3)cc2)c1. The van der Waals surface area contributed by atoms with E-state index in [4.69, 9.17) is 10.8 Å². The number of nitrogen functional groups attached to an aromatic ring is 1. The van der Waals surface area contributed by atoms with Crippen molar-refractivity contribution in [3.05, 3.63) is 77.9 Å². The van der Waals surface area contributed by atoms with E-state index in [1.807, 2.05) is 49.4 Å². The molecule has 1 atom stereocenters. The number of nitrogens with one attached hydrogen (secondary N) is 4. The lowest BCUT2D eigenvalue weighted by molar-refractivity contribution is -0.130. The smallest absolute Gasteiger partial charge is 0.404 e. The largest absolute Gasteiger partial charge is 0.465 e. The van der Waals surface area contributed by atoms with Crippen LogP contribution in [0.5, 0.6) is 0 Å². The van der Waals surface area contributed by atoms with E-state index in [1.54, 1.807) is 24.3 Å². The first kappa shape index (κ1) is 30.2. The molecule has 3 amide bonds. The summed E-state index contributed by atoms with van der Waals surface area (Å²) in [5, 5.41) is 31.2. The highest BCUT2D eigenvalue weighted by molar-refractivity contribution is 5.97. The van der Waals surface area contributed by atoms with Crippen LogP contribution in [-0.2, 0) is 16.0 Å². The van der Waals surface area contributed by atoms with Gasteiger partial charge in [0.05, 0.1) is 0 Å². The third-order valence-electron chi connectivity index (χ3n) is 8.09.